The fraction of sp³-hybridized carbons (Fsp3) is 0. The van der Waals surface area contributed by atoms with Gasteiger partial charge in [0.15, 0.2) is 0 Å². The highest BCUT2D eigenvalue weighted by molar-refractivity contribution is 5.80. The summed E-state index contributed by atoms with van der Waals surface area (Å²) in [6, 6.07) is 9.72. The number of hydrazone groups is 1. The number of nitrogens with one attached hydrogen (secondary N) is 1. The van der Waals surface area contributed by atoms with Gasteiger partial charge in [0, 0.05) is 24.5 Å². The second kappa shape index (κ2) is 5.53. The van der Waals surface area contributed by atoms with Gasteiger partial charge in [-0.25, -0.2) is 0 Å². The quantitative estimate of drug-likeness (QED) is 0.507. The summed E-state index contributed by atoms with van der Waals surface area (Å²) in [6.45, 7) is 0. The van der Waals surface area contributed by atoms with Gasteiger partial charge < -0.3 is 0 Å². The fourth-order valence-corrected chi connectivity index (χ4v) is 1.29. The number of pyridine rings is 1. The van der Waals surface area contributed by atoms with Crippen LogP contribution in [0.15, 0.2) is 53.9 Å². The molecule has 0 atom stereocenters. The maximum Gasteiger partial charge on any atom is 0.269 e. The minimum absolute atomic E-state index is 0.0641. The van der Waals surface area contributed by atoms with Crippen molar-refractivity contribution < 1.29 is 4.92 Å². The molecule has 0 saturated heterocycles. The Balaban J connectivity index is 1.99. The highest BCUT2D eigenvalue weighted by atomic mass is 16.6. The molecule has 0 unspecified atom stereocenters. The van der Waals surface area contributed by atoms with E-state index in [-0.39, 0.29) is 5.69 Å². The number of non-ortho nitro benzene ring substituents is 1. The van der Waals surface area contributed by atoms with Gasteiger partial charge in [-0.1, -0.05) is 0 Å². The molecule has 0 bridgehead atoms. The first-order valence-electron chi connectivity index (χ1n) is 5.19. The molecule has 0 fully saturated rings. The van der Waals surface area contributed by atoms with Crippen LogP contribution in [0.3, 0.4) is 0 Å². The Morgan fingerprint density at radius 3 is 2.44 bits per heavy atom. The van der Waals surface area contributed by atoms with Crippen molar-refractivity contribution >= 4 is 17.6 Å². The molecule has 2 aromatic rings. The van der Waals surface area contributed by atoms with E-state index in [1.807, 2.05) is 0 Å². The molecule has 6 heteroatoms. The lowest BCUT2D eigenvalue weighted by atomic mass is 10.2. The first-order valence-corrected chi connectivity index (χ1v) is 5.19. The minimum atomic E-state index is -0.434. The lowest BCUT2D eigenvalue weighted by Gasteiger charge is -1.98. The molecule has 0 aliphatic heterocycles. The molecule has 1 aromatic heterocycles. The van der Waals surface area contributed by atoms with E-state index in [4.69, 9.17) is 0 Å². The fourth-order valence-electron chi connectivity index (χ4n) is 1.29. The number of rotatable bonds is 4. The molecule has 6 nitrogen and oxygen atoms in total. The number of nitro benzene ring substituents is 1. The molecular weight excluding hydrogens is 232 g/mol. The van der Waals surface area contributed by atoms with Crippen LogP contribution in [-0.2, 0) is 0 Å². The van der Waals surface area contributed by atoms with E-state index in [9.17, 15) is 10.1 Å². The first kappa shape index (κ1) is 11.7. The van der Waals surface area contributed by atoms with Crippen LogP contribution in [0.5, 0.6) is 0 Å². The molecule has 0 saturated carbocycles. The van der Waals surface area contributed by atoms with Gasteiger partial charge in [0.05, 0.1) is 16.8 Å². The first-order chi connectivity index (χ1) is 8.75. The molecule has 1 heterocycles. The second-order valence-electron chi connectivity index (χ2n) is 3.45. The Hall–Kier alpha value is -2.76. The van der Waals surface area contributed by atoms with Crippen LogP contribution < -0.4 is 5.43 Å². The Morgan fingerprint density at radius 1 is 1.17 bits per heavy atom. The normalized spacial score (nSPS) is 10.4. The van der Waals surface area contributed by atoms with E-state index in [2.05, 4.69) is 15.5 Å². The molecule has 1 N–H and O–H groups in total. The van der Waals surface area contributed by atoms with Crippen LogP contribution >= 0.6 is 0 Å². The van der Waals surface area contributed by atoms with Crippen molar-refractivity contribution in [2.24, 2.45) is 5.10 Å². The SMILES string of the molecule is O=[N+]([O-])c1ccc(/C=N/Nc2ccncc2)cc1. The van der Waals surface area contributed by atoms with Crippen molar-refractivity contribution in [2.45, 2.75) is 0 Å². The maximum absolute atomic E-state index is 10.5. The summed E-state index contributed by atoms with van der Waals surface area (Å²) in [5.41, 5.74) is 4.49. The summed E-state index contributed by atoms with van der Waals surface area (Å²) in [5, 5.41) is 14.5. The molecule has 0 radical (unpaired) electrons. The Morgan fingerprint density at radius 2 is 1.83 bits per heavy atom. The van der Waals surface area contributed by atoms with Gasteiger partial charge in [-0.2, -0.15) is 5.10 Å². The topological polar surface area (TPSA) is 80.4 Å². The van der Waals surface area contributed by atoms with Crippen LogP contribution in [0.2, 0.25) is 0 Å². The zero-order valence-corrected chi connectivity index (χ0v) is 9.35. The molecule has 0 spiro atoms. The van der Waals surface area contributed by atoms with Crippen LogP contribution in [0.1, 0.15) is 5.56 Å². The molecule has 1 aromatic carbocycles. The molecule has 90 valence electrons. The summed E-state index contributed by atoms with van der Waals surface area (Å²) < 4.78 is 0. The van der Waals surface area contributed by atoms with Crippen molar-refractivity contribution in [1.82, 2.24) is 4.98 Å². The molecule has 0 amide bonds. The van der Waals surface area contributed by atoms with Crippen LogP contribution in [0.4, 0.5) is 11.4 Å². The maximum atomic E-state index is 10.5. The standard InChI is InChI=1S/C12H10N4O2/c17-16(18)12-3-1-10(2-4-12)9-14-15-11-5-7-13-8-6-11/h1-9H,(H,13,15)/b14-9+. The predicted octanol–water partition coefficient (Wildman–Crippen LogP) is 2.44. The van der Waals surface area contributed by atoms with E-state index in [0.29, 0.717) is 0 Å². The zero-order valence-electron chi connectivity index (χ0n) is 9.35. The van der Waals surface area contributed by atoms with E-state index in [1.54, 1.807) is 42.9 Å². The third-order valence-electron chi connectivity index (χ3n) is 2.19. The van der Waals surface area contributed by atoms with E-state index < -0.39 is 4.92 Å². The van der Waals surface area contributed by atoms with Crippen LogP contribution in [0.25, 0.3) is 0 Å². The summed E-state index contributed by atoms with van der Waals surface area (Å²) in [7, 11) is 0. The number of nitro groups is 1. The van der Waals surface area contributed by atoms with Gasteiger partial charge in [0.2, 0.25) is 0 Å². The summed E-state index contributed by atoms with van der Waals surface area (Å²) in [6.07, 6.45) is 4.90. The van der Waals surface area contributed by atoms with Gasteiger partial charge in [0.1, 0.15) is 0 Å². The van der Waals surface area contributed by atoms with E-state index in [0.717, 1.165) is 11.3 Å². The molecule has 18 heavy (non-hydrogen) atoms. The van der Waals surface area contributed by atoms with Gasteiger partial charge in [0.25, 0.3) is 5.69 Å². The Kier molecular flexibility index (Phi) is 3.60. The highest BCUT2D eigenvalue weighted by Gasteiger charge is 2.02. The Bertz CT molecular complexity index is 552. The highest BCUT2D eigenvalue weighted by Crippen LogP contribution is 2.10. The molecular formula is C12H10N4O2. The third kappa shape index (κ3) is 3.11. The van der Waals surface area contributed by atoms with Crippen LogP contribution in [0, 0.1) is 10.1 Å². The number of anilines is 1. The number of aromatic nitrogens is 1. The van der Waals surface area contributed by atoms with Gasteiger partial charge in [-0.05, 0) is 29.8 Å². The van der Waals surface area contributed by atoms with Crippen LogP contribution in [-0.4, -0.2) is 16.1 Å². The summed E-state index contributed by atoms with van der Waals surface area (Å²) in [4.78, 5) is 13.9. The predicted molar refractivity (Wildman–Crippen MR) is 68.6 cm³/mol. The van der Waals surface area contributed by atoms with Gasteiger partial charge >= 0.3 is 0 Å². The number of nitrogens with zero attached hydrogens (tertiary/aromatic N) is 3. The lowest BCUT2D eigenvalue weighted by Crippen LogP contribution is -1.91. The van der Waals surface area contributed by atoms with Crippen molar-refractivity contribution in [3.05, 3.63) is 64.5 Å². The van der Waals surface area contributed by atoms with Gasteiger partial charge in [-0.15, -0.1) is 0 Å². The monoisotopic (exact) mass is 242 g/mol. The average Bonchev–Trinajstić information content (AvgIpc) is 2.40. The average molecular weight is 242 g/mol. The van der Waals surface area contributed by atoms with Crippen molar-refractivity contribution in [3.8, 4) is 0 Å². The van der Waals surface area contributed by atoms with Crippen molar-refractivity contribution in [1.29, 1.82) is 0 Å². The Labute approximate surface area is 103 Å². The second-order valence-corrected chi connectivity index (χ2v) is 3.45. The van der Waals surface area contributed by atoms with Crippen molar-refractivity contribution in [2.75, 3.05) is 5.43 Å². The van der Waals surface area contributed by atoms with E-state index in [1.165, 1.54) is 12.1 Å². The molecule has 2 rings (SSSR count). The van der Waals surface area contributed by atoms with Crippen molar-refractivity contribution in [3.63, 3.8) is 0 Å². The number of hydrogen-bond acceptors (Lipinski definition) is 5. The zero-order chi connectivity index (χ0) is 12.8. The minimum Gasteiger partial charge on any atom is -0.278 e. The number of benzene rings is 1. The molecule has 0 aliphatic carbocycles. The number of hydrogen-bond donors (Lipinski definition) is 1. The third-order valence-corrected chi connectivity index (χ3v) is 2.19. The van der Waals surface area contributed by atoms with Gasteiger partial charge in [-0.3, -0.25) is 20.5 Å². The smallest absolute Gasteiger partial charge is 0.269 e. The summed E-state index contributed by atoms with van der Waals surface area (Å²) >= 11 is 0. The molecule has 0 aliphatic rings. The lowest BCUT2D eigenvalue weighted by molar-refractivity contribution is -0.384. The summed E-state index contributed by atoms with van der Waals surface area (Å²) in [5.74, 6) is 0. The largest absolute Gasteiger partial charge is 0.278 e. The van der Waals surface area contributed by atoms with E-state index >= 15 is 0 Å².